The fourth-order valence-electron chi connectivity index (χ4n) is 2.58. The average Bonchev–Trinajstić information content (AvgIpc) is 3.02. The molecule has 0 amide bonds. The number of nitrogens with two attached hydrogens (primary N) is 1. The van der Waals surface area contributed by atoms with Gasteiger partial charge in [0.05, 0.1) is 16.5 Å². The van der Waals surface area contributed by atoms with Gasteiger partial charge in [-0.15, -0.1) is 0 Å². The van der Waals surface area contributed by atoms with E-state index in [9.17, 15) is 4.79 Å². The Morgan fingerprint density at radius 2 is 2.14 bits per heavy atom. The Hall–Kier alpha value is -0.863. The first-order valence-corrected chi connectivity index (χ1v) is 13.5. The summed E-state index contributed by atoms with van der Waals surface area (Å²) >= 11 is 2.11. The fraction of sp³-hybridized carbons (Fsp3) is 0.722. The van der Waals surface area contributed by atoms with Gasteiger partial charge in [-0.25, -0.2) is 15.7 Å². The van der Waals surface area contributed by atoms with Crippen LogP contribution in [-0.4, -0.2) is 62.0 Å². The lowest BCUT2D eigenvalue weighted by Gasteiger charge is -2.37. The minimum atomic E-state index is -1.94. The molecule has 0 unspecified atom stereocenters. The third kappa shape index (κ3) is 6.07. The maximum atomic E-state index is 12.6. The van der Waals surface area contributed by atoms with Gasteiger partial charge in [0.15, 0.2) is 14.1 Å². The zero-order valence-corrected chi connectivity index (χ0v) is 21.3. The fourth-order valence-corrected chi connectivity index (χ4v) is 4.15. The standard InChI is InChI=1S/C18H32IN5O4Si/c1-18(2,3)29(6,7)26-10-14-13(28-20)8-15(27-14)24-9-12(19)16(22-17(24)25)21-11-23(4)5/h9,11,13-15H,8,10,20H2,1-7H3/t13-,14-,15-/m1/s1. The summed E-state index contributed by atoms with van der Waals surface area (Å²) in [4.78, 5) is 27.8. The predicted molar refractivity (Wildman–Crippen MR) is 124 cm³/mol. The van der Waals surface area contributed by atoms with E-state index in [1.807, 2.05) is 14.1 Å². The average molecular weight is 537 g/mol. The summed E-state index contributed by atoms with van der Waals surface area (Å²) in [5.41, 5.74) is -0.428. The van der Waals surface area contributed by atoms with Crippen molar-refractivity contribution in [3.05, 3.63) is 20.3 Å². The molecule has 2 N–H and O–H groups in total. The molecule has 0 saturated carbocycles. The lowest BCUT2D eigenvalue weighted by molar-refractivity contribution is -0.0605. The van der Waals surface area contributed by atoms with Crippen molar-refractivity contribution in [2.75, 3.05) is 20.7 Å². The summed E-state index contributed by atoms with van der Waals surface area (Å²) in [6.07, 6.45) is 2.52. The van der Waals surface area contributed by atoms with Crippen molar-refractivity contribution < 1.29 is 14.0 Å². The van der Waals surface area contributed by atoms with Crippen LogP contribution in [0.2, 0.25) is 18.1 Å². The molecule has 0 radical (unpaired) electrons. The van der Waals surface area contributed by atoms with Crippen LogP contribution >= 0.6 is 22.6 Å². The Balaban J connectivity index is 2.17. The van der Waals surface area contributed by atoms with Crippen molar-refractivity contribution in [3.63, 3.8) is 0 Å². The van der Waals surface area contributed by atoms with Crippen LogP contribution in [0.3, 0.4) is 0 Å². The quantitative estimate of drug-likeness (QED) is 0.188. The van der Waals surface area contributed by atoms with Crippen LogP contribution in [0.5, 0.6) is 0 Å². The van der Waals surface area contributed by atoms with Crippen LogP contribution in [0.15, 0.2) is 16.0 Å². The molecule has 9 nitrogen and oxygen atoms in total. The molecule has 1 aliphatic rings. The molecule has 164 valence electrons. The van der Waals surface area contributed by atoms with Crippen molar-refractivity contribution in [1.82, 2.24) is 14.5 Å². The Morgan fingerprint density at radius 1 is 1.48 bits per heavy atom. The van der Waals surface area contributed by atoms with E-state index >= 15 is 0 Å². The number of ether oxygens (including phenoxy) is 1. The van der Waals surface area contributed by atoms with Gasteiger partial charge < -0.3 is 14.1 Å². The zero-order valence-electron chi connectivity index (χ0n) is 18.2. The van der Waals surface area contributed by atoms with Crippen molar-refractivity contribution in [2.24, 2.45) is 10.9 Å². The van der Waals surface area contributed by atoms with E-state index in [1.165, 1.54) is 4.57 Å². The monoisotopic (exact) mass is 537 g/mol. The maximum absolute atomic E-state index is 12.6. The molecule has 0 aliphatic carbocycles. The molecule has 0 aromatic carbocycles. The molecule has 29 heavy (non-hydrogen) atoms. The van der Waals surface area contributed by atoms with E-state index in [0.717, 1.165) is 3.57 Å². The summed E-state index contributed by atoms with van der Waals surface area (Å²) in [6, 6.07) is 0. The lowest BCUT2D eigenvalue weighted by Crippen LogP contribution is -2.44. The van der Waals surface area contributed by atoms with Crippen LogP contribution in [0.4, 0.5) is 5.82 Å². The van der Waals surface area contributed by atoms with Crippen LogP contribution in [0.1, 0.15) is 33.4 Å². The van der Waals surface area contributed by atoms with E-state index in [4.69, 9.17) is 19.9 Å². The molecule has 2 heterocycles. The van der Waals surface area contributed by atoms with Crippen LogP contribution in [0, 0.1) is 3.57 Å². The number of rotatable bonds is 7. The molecule has 1 aromatic heterocycles. The number of nitrogens with zero attached hydrogens (tertiary/aromatic N) is 4. The largest absolute Gasteiger partial charge is 0.414 e. The van der Waals surface area contributed by atoms with Gasteiger partial charge in [0.25, 0.3) is 0 Å². The first-order valence-electron chi connectivity index (χ1n) is 9.50. The first kappa shape index (κ1) is 24.4. The molecule has 11 heteroatoms. The second-order valence-electron chi connectivity index (χ2n) is 8.92. The van der Waals surface area contributed by atoms with Crippen LogP contribution in [0.25, 0.3) is 0 Å². The van der Waals surface area contributed by atoms with E-state index in [0.29, 0.717) is 18.8 Å². The minimum Gasteiger partial charge on any atom is -0.414 e. The second-order valence-corrected chi connectivity index (χ2v) is 14.9. The van der Waals surface area contributed by atoms with Gasteiger partial charge in [0.1, 0.15) is 18.4 Å². The normalized spacial score (nSPS) is 23.1. The van der Waals surface area contributed by atoms with Gasteiger partial charge >= 0.3 is 5.69 Å². The molecule has 3 atom stereocenters. The van der Waals surface area contributed by atoms with E-state index in [-0.39, 0.29) is 17.2 Å². The SMILES string of the molecule is CN(C)C=Nc1nc(=O)n([C@H]2C[C@@H](ON)[C@@H](CO[Si](C)(C)C(C)(C)C)O2)cc1I. The molecule has 0 spiro atoms. The summed E-state index contributed by atoms with van der Waals surface area (Å²) in [5.74, 6) is 5.87. The van der Waals surface area contributed by atoms with E-state index < -0.39 is 20.2 Å². The molecule has 0 bridgehead atoms. The maximum Gasteiger partial charge on any atom is 0.351 e. The van der Waals surface area contributed by atoms with Gasteiger partial charge in [0, 0.05) is 26.7 Å². The third-order valence-corrected chi connectivity index (χ3v) is 10.6. The van der Waals surface area contributed by atoms with Crippen molar-refractivity contribution in [2.45, 2.75) is 63.8 Å². The highest BCUT2D eigenvalue weighted by Gasteiger charge is 2.42. The Bertz CT molecular complexity index is 793. The Morgan fingerprint density at radius 3 is 2.69 bits per heavy atom. The number of aromatic nitrogens is 2. The Kier molecular flexibility index (Phi) is 8.01. The lowest BCUT2D eigenvalue weighted by atomic mass is 10.2. The summed E-state index contributed by atoms with van der Waals surface area (Å²) in [5, 5.41) is 0.0873. The number of hydrogen-bond acceptors (Lipinski definition) is 7. The smallest absolute Gasteiger partial charge is 0.351 e. The highest BCUT2D eigenvalue weighted by atomic mass is 127. The molecule has 1 fully saturated rings. The van der Waals surface area contributed by atoms with E-state index in [1.54, 1.807) is 17.4 Å². The highest BCUT2D eigenvalue weighted by molar-refractivity contribution is 14.1. The van der Waals surface area contributed by atoms with Crippen molar-refractivity contribution in [1.29, 1.82) is 0 Å². The zero-order chi connectivity index (χ0) is 22.0. The molecule has 1 aliphatic heterocycles. The topological polar surface area (TPSA) is 104 Å². The van der Waals surface area contributed by atoms with Crippen LogP contribution in [-0.2, 0) is 14.0 Å². The molecular weight excluding hydrogens is 505 g/mol. The second kappa shape index (κ2) is 9.52. The number of halogens is 1. The molecule has 2 rings (SSSR count). The Labute approximate surface area is 186 Å². The summed E-state index contributed by atoms with van der Waals surface area (Å²) < 4.78 is 14.6. The molecular formula is C18H32IN5O4Si. The van der Waals surface area contributed by atoms with Crippen LogP contribution < -0.4 is 11.6 Å². The van der Waals surface area contributed by atoms with E-state index in [2.05, 4.69) is 66.4 Å². The molecule has 1 saturated heterocycles. The number of aliphatic imine (C=N–C) groups is 1. The van der Waals surface area contributed by atoms with Gasteiger partial charge in [0.2, 0.25) is 0 Å². The van der Waals surface area contributed by atoms with Gasteiger partial charge in [-0.3, -0.25) is 9.40 Å². The number of hydrogen-bond donors (Lipinski definition) is 1. The summed E-state index contributed by atoms with van der Waals surface area (Å²) in [7, 11) is 1.76. The van der Waals surface area contributed by atoms with Gasteiger partial charge in [-0.05, 0) is 40.7 Å². The van der Waals surface area contributed by atoms with Gasteiger partial charge in [-0.1, -0.05) is 20.8 Å². The van der Waals surface area contributed by atoms with Crippen molar-refractivity contribution in [3.8, 4) is 0 Å². The van der Waals surface area contributed by atoms with Gasteiger partial charge in [-0.2, -0.15) is 4.98 Å². The van der Waals surface area contributed by atoms with Crippen molar-refractivity contribution >= 4 is 43.1 Å². The summed E-state index contributed by atoms with van der Waals surface area (Å²) in [6.45, 7) is 11.3. The third-order valence-electron chi connectivity index (χ3n) is 5.38. The molecule has 1 aromatic rings. The highest BCUT2D eigenvalue weighted by Crippen LogP contribution is 2.38. The predicted octanol–water partition coefficient (Wildman–Crippen LogP) is 2.64. The first-order chi connectivity index (χ1) is 13.4. The minimum absolute atomic E-state index is 0.0873.